The van der Waals surface area contributed by atoms with Crippen LogP contribution in [0.2, 0.25) is 0 Å². The number of ether oxygens (including phenoxy) is 1. The Morgan fingerprint density at radius 1 is 0.452 bits per heavy atom. The van der Waals surface area contributed by atoms with Crippen LogP contribution in [0, 0.1) is 0 Å². The monoisotopic (exact) mass is 558 g/mol. The van der Waals surface area contributed by atoms with Crippen LogP contribution in [0.15, 0.2) is 164 Å². The van der Waals surface area contributed by atoms with E-state index in [2.05, 4.69) is 171 Å². The van der Waals surface area contributed by atoms with Crippen LogP contribution in [-0.4, -0.2) is 0 Å². The van der Waals surface area contributed by atoms with Crippen molar-refractivity contribution in [1.29, 1.82) is 0 Å². The maximum atomic E-state index is 6.90. The Balaban J connectivity index is 1.55. The topological polar surface area (TPSA) is 9.23 Å². The van der Waals surface area contributed by atoms with E-state index >= 15 is 0 Å². The minimum Gasteiger partial charge on any atom is -0.485 e. The van der Waals surface area contributed by atoms with Crippen LogP contribution in [0.5, 0.6) is 5.75 Å². The lowest BCUT2D eigenvalue weighted by Gasteiger charge is -2.26. The first-order valence-corrected chi connectivity index (χ1v) is 15.8. The maximum Gasteiger partial charge on any atom is 0.128 e. The third-order valence-corrected chi connectivity index (χ3v) is 10.4. The van der Waals surface area contributed by atoms with E-state index in [0.29, 0.717) is 0 Å². The first kappa shape index (κ1) is 26.2. The molecule has 0 spiro atoms. The van der Waals surface area contributed by atoms with E-state index in [1.165, 1.54) is 43.0 Å². The molecule has 0 saturated heterocycles. The van der Waals surface area contributed by atoms with Crippen molar-refractivity contribution in [3.05, 3.63) is 169 Å². The molecule has 0 bridgehead atoms. The Labute approximate surface area is 248 Å². The van der Waals surface area contributed by atoms with Gasteiger partial charge in [0.05, 0.1) is 0 Å². The average molecular weight is 559 g/mol. The van der Waals surface area contributed by atoms with Gasteiger partial charge in [-0.3, -0.25) is 0 Å². The zero-order chi connectivity index (χ0) is 28.3. The van der Waals surface area contributed by atoms with Crippen LogP contribution in [0.1, 0.15) is 18.6 Å². The SMILES string of the molecule is CC(Oc1ccc2ccccc2c1-c1c(P(c2ccccc2)c2ccccc2)ccc2ccccc12)c1ccccc1. The Hall–Kier alpha value is -4.71. The summed E-state index contributed by atoms with van der Waals surface area (Å²) in [6.45, 7) is 2.14. The second-order valence-electron chi connectivity index (χ2n) is 10.5. The van der Waals surface area contributed by atoms with Gasteiger partial charge < -0.3 is 4.74 Å². The van der Waals surface area contributed by atoms with Gasteiger partial charge in [0.2, 0.25) is 0 Å². The lowest BCUT2D eigenvalue weighted by Crippen LogP contribution is -2.22. The summed E-state index contributed by atoms with van der Waals surface area (Å²) in [5, 5.41) is 8.85. The van der Waals surface area contributed by atoms with Gasteiger partial charge in [-0.2, -0.15) is 0 Å². The van der Waals surface area contributed by atoms with Crippen LogP contribution in [0.25, 0.3) is 32.7 Å². The molecule has 7 aromatic carbocycles. The molecule has 1 atom stereocenters. The first-order valence-electron chi connectivity index (χ1n) is 14.4. The van der Waals surface area contributed by atoms with E-state index in [9.17, 15) is 0 Å². The third-order valence-electron chi connectivity index (χ3n) is 7.89. The Morgan fingerprint density at radius 2 is 0.929 bits per heavy atom. The van der Waals surface area contributed by atoms with E-state index in [4.69, 9.17) is 4.74 Å². The Bertz CT molecular complexity index is 1930. The minimum absolute atomic E-state index is 0.103. The highest BCUT2D eigenvalue weighted by atomic mass is 31.1. The molecule has 202 valence electrons. The van der Waals surface area contributed by atoms with Gasteiger partial charge in [0.15, 0.2) is 0 Å². The maximum absolute atomic E-state index is 6.90. The molecule has 0 aromatic heterocycles. The van der Waals surface area contributed by atoms with Gasteiger partial charge in [-0.15, -0.1) is 0 Å². The minimum atomic E-state index is -0.851. The molecule has 2 heteroatoms. The van der Waals surface area contributed by atoms with Crippen LogP contribution >= 0.6 is 7.92 Å². The van der Waals surface area contributed by atoms with Gasteiger partial charge in [-0.05, 0) is 63.9 Å². The van der Waals surface area contributed by atoms with E-state index in [0.717, 1.165) is 16.9 Å². The number of hydrogen-bond donors (Lipinski definition) is 0. The van der Waals surface area contributed by atoms with Gasteiger partial charge in [0.25, 0.3) is 0 Å². The zero-order valence-electron chi connectivity index (χ0n) is 23.5. The molecule has 0 amide bonds. The second kappa shape index (κ2) is 11.6. The number of hydrogen-bond acceptors (Lipinski definition) is 1. The smallest absolute Gasteiger partial charge is 0.128 e. The van der Waals surface area contributed by atoms with Crippen LogP contribution in [0.3, 0.4) is 0 Å². The van der Waals surface area contributed by atoms with Crippen molar-refractivity contribution in [2.45, 2.75) is 13.0 Å². The molecule has 42 heavy (non-hydrogen) atoms. The number of rotatable bonds is 7. The quantitative estimate of drug-likeness (QED) is 0.177. The van der Waals surface area contributed by atoms with Crippen molar-refractivity contribution >= 4 is 45.4 Å². The molecule has 1 nitrogen and oxygen atoms in total. The molecule has 0 saturated carbocycles. The second-order valence-corrected chi connectivity index (χ2v) is 12.7. The molecule has 7 aromatic rings. The fraction of sp³-hybridized carbons (Fsp3) is 0.0500. The van der Waals surface area contributed by atoms with Crippen LogP contribution in [-0.2, 0) is 0 Å². The van der Waals surface area contributed by atoms with E-state index in [1.54, 1.807) is 0 Å². The predicted molar refractivity (Wildman–Crippen MR) is 181 cm³/mol. The fourth-order valence-electron chi connectivity index (χ4n) is 5.88. The summed E-state index contributed by atoms with van der Waals surface area (Å²) in [4.78, 5) is 0. The van der Waals surface area contributed by atoms with Crippen LogP contribution in [0.4, 0.5) is 0 Å². The zero-order valence-corrected chi connectivity index (χ0v) is 24.4. The van der Waals surface area contributed by atoms with Gasteiger partial charge in [0, 0.05) is 11.1 Å². The number of benzene rings is 7. The standard InChI is InChI=1S/C40H31OP/c1-29(30-15-5-2-6-16-30)41-37-27-25-31-17-11-13-23-35(31)39(37)40-36-24-14-12-18-32(36)26-28-38(40)42(33-19-7-3-8-20-33)34-21-9-4-10-22-34/h2-29H,1H3. The van der Waals surface area contributed by atoms with E-state index < -0.39 is 7.92 Å². The Kier molecular flexibility index (Phi) is 7.27. The highest BCUT2D eigenvalue weighted by Crippen LogP contribution is 2.46. The van der Waals surface area contributed by atoms with Crippen LogP contribution < -0.4 is 20.7 Å². The molecule has 0 radical (unpaired) electrons. The lowest BCUT2D eigenvalue weighted by molar-refractivity contribution is 0.228. The van der Waals surface area contributed by atoms with E-state index in [1.807, 2.05) is 0 Å². The summed E-state index contributed by atoms with van der Waals surface area (Å²) < 4.78 is 6.90. The predicted octanol–water partition coefficient (Wildman–Crippen LogP) is 9.56. The molecule has 7 rings (SSSR count). The van der Waals surface area contributed by atoms with Crippen molar-refractivity contribution in [2.75, 3.05) is 0 Å². The van der Waals surface area contributed by atoms with Crippen molar-refractivity contribution in [2.24, 2.45) is 0 Å². The molecule has 1 unspecified atom stereocenters. The Morgan fingerprint density at radius 3 is 1.52 bits per heavy atom. The van der Waals surface area contributed by atoms with Gasteiger partial charge in [-0.1, -0.05) is 158 Å². The van der Waals surface area contributed by atoms with Crippen molar-refractivity contribution in [3.63, 3.8) is 0 Å². The number of fused-ring (bicyclic) bond motifs is 2. The van der Waals surface area contributed by atoms with Gasteiger partial charge >= 0.3 is 0 Å². The lowest BCUT2D eigenvalue weighted by atomic mass is 9.93. The molecular weight excluding hydrogens is 527 g/mol. The van der Waals surface area contributed by atoms with Crippen molar-refractivity contribution in [3.8, 4) is 16.9 Å². The van der Waals surface area contributed by atoms with Gasteiger partial charge in [0.1, 0.15) is 11.9 Å². The average Bonchev–Trinajstić information content (AvgIpc) is 3.06. The normalized spacial score (nSPS) is 12.0. The molecule has 0 aliphatic carbocycles. The molecule has 0 fully saturated rings. The summed E-state index contributed by atoms with van der Waals surface area (Å²) in [7, 11) is -0.851. The first-order chi connectivity index (χ1) is 20.8. The summed E-state index contributed by atoms with van der Waals surface area (Å²) >= 11 is 0. The molecular formula is C40H31OP. The van der Waals surface area contributed by atoms with Crippen molar-refractivity contribution < 1.29 is 4.74 Å². The third kappa shape index (κ3) is 4.98. The summed E-state index contributed by atoms with van der Waals surface area (Å²) in [6.07, 6.45) is -0.103. The van der Waals surface area contributed by atoms with E-state index in [-0.39, 0.29) is 6.10 Å². The molecule has 0 heterocycles. The summed E-state index contributed by atoms with van der Waals surface area (Å²) in [5.74, 6) is 0.902. The van der Waals surface area contributed by atoms with Gasteiger partial charge in [-0.25, -0.2) is 0 Å². The fourth-order valence-corrected chi connectivity index (χ4v) is 8.36. The molecule has 0 N–H and O–H groups in total. The summed E-state index contributed by atoms with van der Waals surface area (Å²) in [5.41, 5.74) is 3.56. The molecule has 0 aliphatic heterocycles. The highest BCUT2D eigenvalue weighted by molar-refractivity contribution is 7.80. The summed E-state index contributed by atoms with van der Waals surface area (Å²) in [6, 6.07) is 58.8. The highest BCUT2D eigenvalue weighted by Gasteiger charge is 2.25. The van der Waals surface area contributed by atoms with Crippen molar-refractivity contribution in [1.82, 2.24) is 0 Å². The largest absolute Gasteiger partial charge is 0.485 e. The molecule has 0 aliphatic rings.